The number of piperazine rings is 1. The summed E-state index contributed by atoms with van der Waals surface area (Å²) in [6.07, 6.45) is 3.31. The van der Waals surface area contributed by atoms with Crippen LogP contribution in [-0.4, -0.2) is 74.1 Å². The Labute approximate surface area is 176 Å². The van der Waals surface area contributed by atoms with E-state index >= 15 is 0 Å². The Kier molecular flexibility index (Phi) is 5.54. The number of amides is 3. The molecule has 0 atom stereocenters. The van der Waals surface area contributed by atoms with Gasteiger partial charge in [-0.05, 0) is 49.4 Å². The first-order chi connectivity index (χ1) is 14.3. The van der Waals surface area contributed by atoms with Crippen molar-refractivity contribution in [3.05, 3.63) is 23.8 Å². The normalized spacial score (nSPS) is 19.9. The maximum atomic E-state index is 13.1. The van der Waals surface area contributed by atoms with E-state index in [1.54, 1.807) is 17.0 Å². The predicted molar refractivity (Wildman–Crippen MR) is 109 cm³/mol. The molecule has 0 unspecified atom stereocenters. The summed E-state index contributed by atoms with van der Waals surface area (Å²) in [5.41, 5.74) is 1.62. The maximum Gasteiger partial charge on any atom is 0.311 e. The molecule has 0 radical (unpaired) electrons. The quantitative estimate of drug-likeness (QED) is 0.679. The van der Waals surface area contributed by atoms with Gasteiger partial charge in [-0.1, -0.05) is 0 Å². The van der Waals surface area contributed by atoms with E-state index in [1.165, 1.54) is 22.2 Å². The molecule has 2 fully saturated rings. The van der Waals surface area contributed by atoms with Crippen LogP contribution in [-0.2, 0) is 30.8 Å². The van der Waals surface area contributed by atoms with Gasteiger partial charge in [-0.25, -0.2) is 8.42 Å². The molecule has 2 heterocycles. The monoisotopic (exact) mass is 434 g/mol. The lowest BCUT2D eigenvalue weighted by Crippen LogP contribution is -2.54. The number of carbonyl (C=O) groups excluding carboxylic acids is 3. The average molecular weight is 435 g/mol. The van der Waals surface area contributed by atoms with Crippen molar-refractivity contribution in [2.75, 3.05) is 37.6 Å². The second kappa shape index (κ2) is 7.99. The largest absolute Gasteiger partial charge is 0.345 e. The maximum absolute atomic E-state index is 13.1. The van der Waals surface area contributed by atoms with Crippen LogP contribution in [0.2, 0.25) is 0 Å². The van der Waals surface area contributed by atoms with Gasteiger partial charge in [0.15, 0.2) is 0 Å². The van der Waals surface area contributed by atoms with Gasteiger partial charge in [0, 0.05) is 51.4 Å². The second-order valence-corrected chi connectivity index (χ2v) is 9.95. The Balaban J connectivity index is 1.44. The van der Waals surface area contributed by atoms with Gasteiger partial charge in [0.1, 0.15) is 0 Å². The van der Waals surface area contributed by atoms with Crippen molar-refractivity contribution in [3.8, 4) is 0 Å². The van der Waals surface area contributed by atoms with Gasteiger partial charge in [0.05, 0.1) is 4.90 Å². The summed E-state index contributed by atoms with van der Waals surface area (Å²) in [4.78, 5) is 39.3. The summed E-state index contributed by atoms with van der Waals surface area (Å²) in [5, 5.41) is 2.67. The van der Waals surface area contributed by atoms with E-state index in [-0.39, 0.29) is 43.0 Å². The van der Waals surface area contributed by atoms with Gasteiger partial charge in [0.2, 0.25) is 15.9 Å². The van der Waals surface area contributed by atoms with Crippen LogP contribution in [0.3, 0.4) is 0 Å². The predicted octanol–water partition coefficient (Wildman–Crippen LogP) is 0.0972. The van der Waals surface area contributed by atoms with Crippen LogP contribution in [0.15, 0.2) is 23.1 Å². The molecule has 1 saturated heterocycles. The molecule has 3 amide bonds. The minimum Gasteiger partial charge on any atom is -0.345 e. The summed E-state index contributed by atoms with van der Waals surface area (Å²) < 4.78 is 27.6. The van der Waals surface area contributed by atoms with Crippen LogP contribution < -0.4 is 10.2 Å². The zero-order valence-corrected chi connectivity index (χ0v) is 17.8. The molecule has 2 aliphatic heterocycles. The molecule has 9 nitrogen and oxygen atoms in total. The summed E-state index contributed by atoms with van der Waals surface area (Å²) >= 11 is 0. The van der Waals surface area contributed by atoms with E-state index in [1.807, 2.05) is 0 Å². The van der Waals surface area contributed by atoms with Gasteiger partial charge in [0.25, 0.3) is 0 Å². The molecule has 30 heavy (non-hydrogen) atoms. The van der Waals surface area contributed by atoms with E-state index in [0.29, 0.717) is 6.54 Å². The van der Waals surface area contributed by atoms with Gasteiger partial charge >= 0.3 is 11.8 Å². The summed E-state index contributed by atoms with van der Waals surface area (Å²) in [6, 6.07) is 4.99. The molecular formula is C20H26N4O5S. The molecule has 1 aromatic carbocycles. The highest BCUT2D eigenvalue weighted by Crippen LogP contribution is 2.30. The number of anilines is 1. The van der Waals surface area contributed by atoms with E-state index in [9.17, 15) is 22.8 Å². The number of hydrogen-bond donors (Lipinski definition) is 1. The Morgan fingerprint density at radius 3 is 2.37 bits per heavy atom. The van der Waals surface area contributed by atoms with Crippen LogP contribution in [0.4, 0.5) is 5.69 Å². The van der Waals surface area contributed by atoms with Crippen LogP contribution in [0.1, 0.15) is 31.7 Å². The van der Waals surface area contributed by atoms with E-state index in [0.717, 1.165) is 36.9 Å². The molecule has 10 heteroatoms. The number of carbonyl (C=O) groups is 3. The Morgan fingerprint density at radius 1 is 1.03 bits per heavy atom. The number of nitrogens with zero attached hydrogens (tertiary/aromatic N) is 3. The molecule has 162 valence electrons. The van der Waals surface area contributed by atoms with Crippen molar-refractivity contribution in [1.82, 2.24) is 14.5 Å². The van der Waals surface area contributed by atoms with Crippen LogP contribution in [0.25, 0.3) is 0 Å². The Morgan fingerprint density at radius 2 is 1.73 bits per heavy atom. The molecular weight excluding hydrogens is 408 g/mol. The highest BCUT2D eigenvalue weighted by Gasteiger charge is 2.34. The van der Waals surface area contributed by atoms with Crippen molar-refractivity contribution in [2.45, 2.75) is 43.5 Å². The number of benzene rings is 1. The molecule has 3 aliphatic rings. The summed E-state index contributed by atoms with van der Waals surface area (Å²) in [6.45, 7) is 2.78. The molecule has 1 aromatic rings. The third-order valence-corrected chi connectivity index (χ3v) is 7.71. The van der Waals surface area contributed by atoms with E-state index < -0.39 is 21.8 Å². The zero-order valence-electron chi connectivity index (χ0n) is 17.0. The van der Waals surface area contributed by atoms with Crippen LogP contribution >= 0.6 is 0 Å². The minimum atomic E-state index is -3.72. The fraction of sp³-hybridized carbons (Fsp3) is 0.550. The van der Waals surface area contributed by atoms with E-state index in [2.05, 4.69) is 5.32 Å². The van der Waals surface area contributed by atoms with Gasteiger partial charge in [-0.2, -0.15) is 4.31 Å². The van der Waals surface area contributed by atoms with Crippen LogP contribution in [0, 0.1) is 0 Å². The zero-order chi connectivity index (χ0) is 21.5. The van der Waals surface area contributed by atoms with Crippen molar-refractivity contribution in [1.29, 1.82) is 0 Å². The Bertz CT molecular complexity index is 981. The lowest BCUT2D eigenvalue weighted by molar-refractivity contribution is -0.146. The molecule has 0 aromatic heterocycles. The number of hydrogen-bond acceptors (Lipinski definition) is 5. The van der Waals surface area contributed by atoms with Gasteiger partial charge in [-0.15, -0.1) is 0 Å². The number of nitrogens with one attached hydrogen (secondary N) is 1. The van der Waals surface area contributed by atoms with Gasteiger partial charge in [-0.3, -0.25) is 14.4 Å². The first-order valence-corrected chi connectivity index (χ1v) is 11.7. The van der Waals surface area contributed by atoms with Crippen molar-refractivity contribution < 1.29 is 22.8 Å². The molecule has 0 bridgehead atoms. The SMILES string of the molecule is CC(=O)N1CCCc2cc(S(=O)(=O)N3CCN(C(=O)C(=O)NC4CC4)CC3)ccc21. The van der Waals surface area contributed by atoms with Crippen molar-refractivity contribution >= 4 is 33.4 Å². The van der Waals surface area contributed by atoms with E-state index in [4.69, 9.17) is 0 Å². The molecule has 1 N–H and O–H groups in total. The lowest BCUT2D eigenvalue weighted by Gasteiger charge is -2.34. The topological polar surface area (TPSA) is 107 Å². The van der Waals surface area contributed by atoms with Crippen molar-refractivity contribution in [3.63, 3.8) is 0 Å². The first-order valence-electron chi connectivity index (χ1n) is 10.3. The fourth-order valence-electron chi connectivity index (χ4n) is 3.96. The number of sulfonamides is 1. The van der Waals surface area contributed by atoms with Crippen LogP contribution in [0.5, 0.6) is 0 Å². The number of aryl methyl sites for hydroxylation is 1. The molecule has 1 saturated carbocycles. The molecule has 1 aliphatic carbocycles. The smallest absolute Gasteiger partial charge is 0.311 e. The lowest BCUT2D eigenvalue weighted by atomic mass is 10.0. The summed E-state index contributed by atoms with van der Waals surface area (Å²) in [5.74, 6) is -1.27. The first kappa shape index (κ1) is 20.8. The Hall–Kier alpha value is -2.46. The van der Waals surface area contributed by atoms with Crippen molar-refractivity contribution in [2.24, 2.45) is 0 Å². The average Bonchev–Trinajstić information content (AvgIpc) is 3.56. The molecule has 4 rings (SSSR count). The fourth-order valence-corrected chi connectivity index (χ4v) is 5.43. The van der Waals surface area contributed by atoms with Gasteiger partial charge < -0.3 is 15.1 Å². The third-order valence-electron chi connectivity index (χ3n) is 5.82. The second-order valence-electron chi connectivity index (χ2n) is 8.01. The standard InChI is InChI=1S/C20H26N4O5S/c1-14(25)24-8-2-3-15-13-17(6-7-18(15)24)30(28,29)23-11-9-22(10-12-23)20(27)19(26)21-16-4-5-16/h6-7,13,16H,2-5,8-12H2,1H3,(H,21,26). The minimum absolute atomic E-state index is 0.0573. The number of rotatable bonds is 3. The summed E-state index contributed by atoms with van der Waals surface area (Å²) in [7, 11) is -3.72. The highest BCUT2D eigenvalue weighted by atomic mass is 32.2. The highest BCUT2D eigenvalue weighted by molar-refractivity contribution is 7.89. The molecule has 0 spiro atoms. The number of fused-ring (bicyclic) bond motifs is 1. The third kappa shape index (κ3) is 4.06.